The number of benzene rings is 2. The molecule has 4 rings (SSSR count). The number of amides is 5. The SMILES string of the molecule is Cc1noc(C)c1NC(=O)N(C)C[C@H]1Oc2c(NC(=O)Nc3ccc(F)cc3)cccc2C(=O)N([C@@H](C)CO)C[C@H]1C. The fraction of sp³-hybridized carbons (Fsp3) is 0.379. The predicted molar refractivity (Wildman–Crippen MR) is 154 cm³/mol. The maximum absolute atomic E-state index is 13.7. The van der Waals surface area contributed by atoms with Gasteiger partial charge in [-0.05, 0) is 57.2 Å². The van der Waals surface area contributed by atoms with Gasteiger partial charge in [0.05, 0.1) is 30.4 Å². The number of urea groups is 2. The molecule has 0 saturated carbocycles. The molecular weight excluding hydrogens is 547 g/mol. The number of hydrogen-bond acceptors (Lipinski definition) is 7. The van der Waals surface area contributed by atoms with Crippen LogP contribution in [0.2, 0.25) is 0 Å². The fourth-order valence-corrected chi connectivity index (χ4v) is 4.59. The highest BCUT2D eigenvalue weighted by molar-refractivity contribution is 6.04. The third kappa shape index (κ3) is 6.79. The van der Waals surface area contributed by atoms with Crippen LogP contribution in [-0.4, -0.2) is 76.9 Å². The maximum atomic E-state index is 13.7. The van der Waals surface area contributed by atoms with Crippen molar-refractivity contribution in [1.29, 1.82) is 0 Å². The Labute approximate surface area is 242 Å². The summed E-state index contributed by atoms with van der Waals surface area (Å²) in [6.45, 7) is 7.17. The lowest BCUT2D eigenvalue weighted by atomic mass is 9.99. The van der Waals surface area contributed by atoms with Crippen molar-refractivity contribution in [2.45, 2.75) is 39.8 Å². The highest BCUT2D eigenvalue weighted by Gasteiger charge is 2.35. The van der Waals surface area contributed by atoms with E-state index in [0.29, 0.717) is 22.8 Å². The quantitative estimate of drug-likeness (QED) is 0.321. The van der Waals surface area contributed by atoms with Crippen molar-refractivity contribution in [3.8, 4) is 5.75 Å². The minimum atomic E-state index is -0.630. The number of halogens is 1. The first-order valence-corrected chi connectivity index (χ1v) is 13.5. The summed E-state index contributed by atoms with van der Waals surface area (Å²) in [7, 11) is 1.61. The first-order valence-electron chi connectivity index (χ1n) is 13.5. The van der Waals surface area contributed by atoms with E-state index in [2.05, 4.69) is 21.1 Å². The van der Waals surface area contributed by atoms with Crippen molar-refractivity contribution in [2.24, 2.45) is 5.92 Å². The van der Waals surface area contributed by atoms with Crippen molar-refractivity contribution in [2.75, 3.05) is 42.7 Å². The van der Waals surface area contributed by atoms with Crippen LogP contribution in [0.4, 0.5) is 31.0 Å². The number of anilines is 3. The standard InChI is InChI=1S/C29H35FN6O6/c1-16-13-36(17(2)15-37)27(38)22-7-6-8-23(32-28(39)31-21-11-9-20(30)10-12-21)26(22)41-24(16)14-35(5)29(40)33-25-18(3)34-42-19(25)4/h6-12,16-17,24,37H,13-15H2,1-5H3,(H,33,40)(H2,31,32,39)/t16-,17+,24-/m1/s1. The molecule has 0 aliphatic carbocycles. The number of nitrogens with zero attached hydrogens (tertiary/aromatic N) is 3. The Bertz CT molecular complexity index is 1430. The molecule has 1 aliphatic heterocycles. The fourth-order valence-electron chi connectivity index (χ4n) is 4.59. The molecule has 13 heteroatoms. The van der Waals surface area contributed by atoms with Crippen molar-refractivity contribution in [1.82, 2.24) is 15.0 Å². The summed E-state index contributed by atoms with van der Waals surface area (Å²) in [4.78, 5) is 42.6. The van der Waals surface area contributed by atoms with Crippen LogP contribution in [0, 0.1) is 25.6 Å². The van der Waals surface area contributed by atoms with Crippen LogP contribution in [0.15, 0.2) is 47.0 Å². The van der Waals surface area contributed by atoms with Gasteiger partial charge in [0.15, 0.2) is 11.5 Å². The van der Waals surface area contributed by atoms with E-state index in [1.165, 1.54) is 29.2 Å². The number of aliphatic hydroxyl groups excluding tert-OH is 1. The number of aryl methyl sites for hydroxylation is 2. The minimum Gasteiger partial charge on any atom is -0.485 e. The molecule has 42 heavy (non-hydrogen) atoms. The van der Waals surface area contributed by atoms with Crippen LogP contribution < -0.4 is 20.7 Å². The van der Waals surface area contributed by atoms with E-state index in [9.17, 15) is 23.9 Å². The number of nitrogens with one attached hydrogen (secondary N) is 3. The minimum absolute atomic E-state index is 0.126. The topological polar surface area (TPSA) is 149 Å². The van der Waals surface area contributed by atoms with Gasteiger partial charge in [-0.1, -0.05) is 18.1 Å². The Kier molecular flexibility index (Phi) is 9.31. The molecule has 1 aliphatic rings. The molecule has 5 amide bonds. The van der Waals surface area contributed by atoms with Gasteiger partial charge in [0.1, 0.15) is 23.3 Å². The summed E-state index contributed by atoms with van der Waals surface area (Å²) in [5, 5.41) is 21.9. The molecule has 0 saturated heterocycles. The number of para-hydroxylation sites is 1. The first-order chi connectivity index (χ1) is 20.0. The number of rotatable bonds is 7. The van der Waals surface area contributed by atoms with Gasteiger partial charge in [-0.2, -0.15) is 0 Å². The summed E-state index contributed by atoms with van der Waals surface area (Å²) in [6, 6.07) is 8.52. The van der Waals surface area contributed by atoms with E-state index >= 15 is 0 Å². The van der Waals surface area contributed by atoms with Gasteiger partial charge in [-0.25, -0.2) is 14.0 Å². The second-order valence-electron chi connectivity index (χ2n) is 10.4. The average Bonchev–Trinajstić information content (AvgIpc) is 3.28. The van der Waals surface area contributed by atoms with Gasteiger partial charge in [-0.3, -0.25) is 4.79 Å². The Morgan fingerprint density at radius 2 is 1.88 bits per heavy atom. The average molecular weight is 583 g/mol. The Balaban J connectivity index is 1.62. The molecule has 1 aromatic heterocycles. The number of carbonyl (C=O) groups excluding carboxylic acids is 3. The third-order valence-electron chi connectivity index (χ3n) is 7.11. The zero-order valence-electron chi connectivity index (χ0n) is 24.1. The van der Waals surface area contributed by atoms with Crippen LogP contribution in [0.1, 0.15) is 35.7 Å². The molecule has 2 heterocycles. The summed E-state index contributed by atoms with van der Waals surface area (Å²) in [6.07, 6.45) is -0.617. The van der Waals surface area contributed by atoms with Gasteiger partial charge in [-0.15, -0.1) is 0 Å². The van der Waals surface area contributed by atoms with Gasteiger partial charge in [0.2, 0.25) is 0 Å². The molecule has 0 fully saturated rings. The van der Waals surface area contributed by atoms with E-state index < -0.39 is 30.0 Å². The molecule has 0 unspecified atom stereocenters. The molecule has 4 N–H and O–H groups in total. The van der Waals surface area contributed by atoms with Gasteiger partial charge in [0.25, 0.3) is 5.91 Å². The number of carbonyl (C=O) groups is 3. The van der Waals surface area contributed by atoms with E-state index in [1.807, 2.05) is 6.92 Å². The van der Waals surface area contributed by atoms with E-state index in [4.69, 9.17) is 9.26 Å². The van der Waals surface area contributed by atoms with Crippen molar-refractivity contribution < 1.29 is 33.1 Å². The number of hydrogen-bond donors (Lipinski definition) is 4. The summed E-state index contributed by atoms with van der Waals surface area (Å²) >= 11 is 0. The van der Waals surface area contributed by atoms with E-state index in [0.717, 1.165) is 0 Å². The molecule has 0 spiro atoms. The summed E-state index contributed by atoms with van der Waals surface area (Å²) in [5.74, 6) is -0.497. The van der Waals surface area contributed by atoms with Crippen molar-refractivity contribution >= 4 is 35.0 Å². The van der Waals surface area contributed by atoms with Gasteiger partial charge >= 0.3 is 12.1 Å². The number of aromatic nitrogens is 1. The van der Waals surface area contributed by atoms with Gasteiger partial charge < -0.3 is 40.1 Å². The molecule has 3 atom stereocenters. The zero-order valence-corrected chi connectivity index (χ0v) is 24.1. The van der Waals surface area contributed by atoms with Crippen molar-refractivity contribution in [3.63, 3.8) is 0 Å². The largest absolute Gasteiger partial charge is 0.485 e. The second kappa shape index (κ2) is 12.9. The van der Waals surface area contributed by atoms with Crippen molar-refractivity contribution in [3.05, 3.63) is 65.3 Å². The summed E-state index contributed by atoms with van der Waals surface area (Å²) in [5.41, 5.74) is 1.80. The lowest BCUT2D eigenvalue weighted by Crippen LogP contribution is -2.50. The van der Waals surface area contributed by atoms with Crippen LogP contribution in [0.5, 0.6) is 5.75 Å². The lowest BCUT2D eigenvalue weighted by Gasteiger charge is -2.38. The Hall–Kier alpha value is -4.65. The number of aliphatic hydroxyl groups is 1. The third-order valence-corrected chi connectivity index (χ3v) is 7.11. The predicted octanol–water partition coefficient (Wildman–Crippen LogP) is 4.46. The normalized spacial score (nSPS) is 17.3. The van der Waals surface area contributed by atoms with E-state index in [-0.39, 0.29) is 48.5 Å². The molecule has 2 aromatic carbocycles. The highest BCUT2D eigenvalue weighted by atomic mass is 19.1. The number of ether oxygens (including phenoxy) is 1. The molecule has 3 aromatic rings. The number of fused-ring (bicyclic) bond motifs is 1. The smallest absolute Gasteiger partial charge is 0.323 e. The highest BCUT2D eigenvalue weighted by Crippen LogP contribution is 2.35. The Morgan fingerprint density at radius 3 is 2.52 bits per heavy atom. The molecule has 224 valence electrons. The maximum Gasteiger partial charge on any atom is 0.323 e. The summed E-state index contributed by atoms with van der Waals surface area (Å²) < 4.78 is 24.8. The van der Waals surface area contributed by atoms with E-state index in [1.54, 1.807) is 50.9 Å². The first kappa shape index (κ1) is 30.3. The second-order valence-corrected chi connectivity index (χ2v) is 10.4. The van der Waals surface area contributed by atoms with Gasteiger partial charge in [0, 0.05) is 25.2 Å². The molecule has 0 radical (unpaired) electrons. The Morgan fingerprint density at radius 1 is 1.17 bits per heavy atom. The molecular formula is C29H35FN6O6. The molecule has 0 bridgehead atoms. The van der Waals surface area contributed by atoms with Crippen LogP contribution in [0.25, 0.3) is 0 Å². The monoisotopic (exact) mass is 582 g/mol. The lowest BCUT2D eigenvalue weighted by molar-refractivity contribution is 0.0373. The van der Waals surface area contributed by atoms with Crippen LogP contribution >= 0.6 is 0 Å². The zero-order chi connectivity index (χ0) is 30.6. The van der Waals surface area contributed by atoms with Crippen LogP contribution in [-0.2, 0) is 0 Å². The van der Waals surface area contributed by atoms with Crippen LogP contribution in [0.3, 0.4) is 0 Å². The molecule has 12 nitrogen and oxygen atoms in total. The number of likely N-dealkylation sites (N-methyl/N-ethyl adjacent to an activating group) is 1.